The summed E-state index contributed by atoms with van der Waals surface area (Å²) in [6.07, 6.45) is 0. The topological polar surface area (TPSA) is 74.8 Å². The van der Waals surface area contributed by atoms with Gasteiger partial charge in [0.2, 0.25) is 5.66 Å². The zero-order valence-corrected chi connectivity index (χ0v) is 13.2. The summed E-state index contributed by atoms with van der Waals surface area (Å²) in [6, 6.07) is 19.5. The Kier molecular flexibility index (Phi) is 3.19. The number of hydrogen-bond acceptors (Lipinski definition) is 4. The van der Waals surface area contributed by atoms with E-state index in [9.17, 15) is 4.79 Å². The van der Waals surface area contributed by atoms with Crippen molar-refractivity contribution in [1.29, 1.82) is 0 Å². The maximum Gasteiger partial charge on any atom is 0.319 e. The quantitative estimate of drug-likeness (QED) is 0.809. The summed E-state index contributed by atoms with van der Waals surface area (Å²) in [7, 11) is 0. The van der Waals surface area contributed by atoms with Crippen LogP contribution in [-0.2, 0) is 16.1 Å². The van der Waals surface area contributed by atoms with E-state index < -0.39 is 11.3 Å². The van der Waals surface area contributed by atoms with Crippen LogP contribution in [0.5, 0.6) is 0 Å². The van der Waals surface area contributed by atoms with Crippen molar-refractivity contribution in [3.8, 4) is 0 Å². The van der Waals surface area contributed by atoms with Crippen molar-refractivity contribution >= 4 is 12.1 Å². The molecular formula is C18H18N4O2. The minimum Gasteiger partial charge on any atom is -0.465 e. The first kappa shape index (κ1) is 14.6. The highest BCUT2D eigenvalue weighted by Crippen LogP contribution is 2.46. The number of rotatable bonds is 3. The van der Waals surface area contributed by atoms with Crippen LogP contribution in [0.1, 0.15) is 18.1 Å². The molecule has 24 heavy (non-hydrogen) atoms. The second-order valence-corrected chi connectivity index (χ2v) is 5.75. The Morgan fingerprint density at radius 2 is 1.54 bits per heavy atom. The van der Waals surface area contributed by atoms with E-state index in [1.54, 1.807) is 0 Å². The molecule has 0 spiro atoms. The minimum absolute atomic E-state index is 0.283. The lowest BCUT2D eigenvalue weighted by molar-refractivity contribution is 0.215. The number of nitrogens with zero attached hydrogens (tertiary/aromatic N) is 1. The van der Waals surface area contributed by atoms with Crippen molar-refractivity contribution in [3.63, 3.8) is 0 Å². The molecule has 6 nitrogen and oxygen atoms in total. The van der Waals surface area contributed by atoms with Gasteiger partial charge >= 0.3 is 6.03 Å². The van der Waals surface area contributed by atoms with Crippen LogP contribution in [0.25, 0.3) is 0 Å². The molecule has 1 saturated heterocycles. The van der Waals surface area contributed by atoms with E-state index in [1.165, 1.54) is 0 Å². The molecule has 2 atom stereocenters. The third-order valence-corrected chi connectivity index (χ3v) is 4.38. The molecule has 0 aromatic heterocycles. The van der Waals surface area contributed by atoms with E-state index in [-0.39, 0.29) is 6.03 Å². The standard InChI is InChI=1S/C18H18N4O2/c1-2-24-16-21-17(13-9-5-3-6-10-13)18(22-16,20-15(23)19-17)14-11-7-4-8-12-14/h3-12H,2H2,1H3,(H,21,22)(H2,19,20,23)/t17-,18-/m0/s1. The number of carbonyl (C=O) groups is 1. The monoisotopic (exact) mass is 322 g/mol. The molecule has 2 aliphatic rings. The van der Waals surface area contributed by atoms with Crippen LogP contribution in [0.3, 0.4) is 0 Å². The van der Waals surface area contributed by atoms with Crippen molar-refractivity contribution in [2.75, 3.05) is 6.61 Å². The van der Waals surface area contributed by atoms with Crippen molar-refractivity contribution in [2.45, 2.75) is 18.2 Å². The highest BCUT2D eigenvalue weighted by molar-refractivity contribution is 5.88. The first-order chi connectivity index (χ1) is 11.7. The largest absolute Gasteiger partial charge is 0.465 e. The molecule has 6 heteroatoms. The van der Waals surface area contributed by atoms with Crippen LogP contribution >= 0.6 is 0 Å². The smallest absolute Gasteiger partial charge is 0.319 e. The van der Waals surface area contributed by atoms with Crippen LogP contribution in [0.2, 0.25) is 0 Å². The van der Waals surface area contributed by atoms with Crippen LogP contribution in [-0.4, -0.2) is 18.7 Å². The molecule has 122 valence electrons. The second kappa shape index (κ2) is 5.26. The highest BCUT2D eigenvalue weighted by atomic mass is 16.5. The maximum absolute atomic E-state index is 12.3. The van der Waals surface area contributed by atoms with Gasteiger partial charge in [0, 0.05) is 11.1 Å². The van der Waals surface area contributed by atoms with Crippen molar-refractivity contribution in [2.24, 2.45) is 4.99 Å². The molecule has 2 aromatic carbocycles. The molecule has 3 N–H and O–H groups in total. The summed E-state index contributed by atoms with van der Waals surface area (Å²) in [4.78, 5) is 17.0. The molecule has 2 aliphatic heterocycles. The van der Waals surface area contributed by atoms with Crippen molar-refractivity contribution in [3.05, 3.63) is 71.8 Å². The number of amides is 2. The zero-order chi connectivity index (χ0) is 16.6. The van der Waals surface area contributed by atoms with Crippen LogP contribution < -0.4 is 16.0 Å². The summed E-state index contributed by atoms with van der Waals surface area (Å²) in [5.41, 5.74) is -0.200. The van der Waals surface area contributed by atoms with Gasteiger partial charge in [0.25, 0.3) is 6.02 Å². The lowest BCUT2D eigenvalue weighted by atomic mass is 9.83. The van der Waals surface area contributed by atoms with Gasteiger partial charge in [-0.1, -0.05) is 60.7 Å². The highest BCUT2D eigenvalue weighted by Gasteiger charge is 2.65. The molecule has 2 aromatic rings. The Balaban J connectivity index is 1.95. The van der Waals surface area contributed by atoms with Gasteiger partial charge in [-0.3, -0.25) is 0 Å². The number of urea groups is 1. The molecule has 1 fully saturated rings. The third kappa shape index (κ3) is 1.89. The van der Waals surface area contributed by atoms with Gasteiger partial charge < -0.3 is 20.7 Å². The Labute approximate surface area is 139 Å². The average Bonchev–Trinajstić information content (AvgIpc) is 3.06. The summed E-state index contributed by atoms with van der Waals surface area (Å²) in [5.74, 6) is 0. The molecule has 4 rings (SSSR count). The van der Waals surface area contributed by atoms with E-state index >= 15 is 0 Å². The van der Waals surface area contributed by atoms with Gasteiger partial charge in [-0.15, -0.1) is 0 Å². The number of benzene rings is 2. The fourth-order valence-electron chi connectivity index (χ4n) is 3.40. The molecule has 2 amide bonds. The molecular weight excluding hydrogens is 304 g/mol. The number of nitrogens with one attached hydrogen (secondary N) is 3. The summed E-state index contributed by atoms with van der Waals surface area (Å²) in [5, 5.41) is 9.30. The predicted octanol–water partition coefficient (Wildman–Crippen LogP) is 2.00. The van der Waals surface area contributed by atoms with Gasteiger partial charge in [0.1, 0.15) is 0 Å². The van der Waals surface area contributed by atoms with E-state index in [0.717, 1.165) is 11.1 Å². The van der Waals surface area contributed by atoms with Gasteiger partial charge in [-0.25, -0.2) is 4.79 Å². The number of amidine groups is 1. The molecule has 0 bridgehead atoms. The Morgan fingerprint density at radius 3 is 2.17 bits per heavy atom. The van der Waals surface area contributed by atoms with E-state index in [4.69, 9.17) is 9.73 Å². The number of carbonyl (C=O) groups excluding carboxylic acids is 1. The van der Waals surface area contributed by atoms with Crippen LogP contribution in [0.15, 0.2) is 65.7 Å². The minimum atomic E-state index is -1.02. The maximum atomic E-state index is 12.3. The molecule has 0 radical (unpaired) electrons. The molecule has 0 unspecified atom stereocenters. The average molecular weight is 322 g/mol. The lowest BCUT2D eigenvalue weighted by Gasteiger charge is -2.37. The number of ether oxygens (including phenoxy) is 1. The zero-order valence-electron chi connectivity index (χ0n) is 13.2. The van der Waals surface area contributed by atoms with Gasteiger partial charge in [0.15, 0.2) is 5.66 Å². The van der Waals surface area contributed by atoms with Crippen LogP contribution in [0.4, 0.5) is 4.79 Å². The van der Waals surface area contributed by atoms with Gasteiger partial charge in [-0.05, 0) is 6.92 Å². The third-order valence-electron chi connectivity index (χ3n) is 4.38. The first-order valence-electron chi connectivity index (χ1n) is 7.92. The number of aliphatic imine (C=N–C) groups is 1. The Morgan fingerprint density at radius 1 is 0.917 bits per heavy atom. The molecule has 0 aliphatic carbocycles. The molecule has 0 saturated carbocycles. The Bertz CT molecular complexity index is 793. The normalized spacial score (nSPS) is 27.5. The summed E-state index contributed by atoms with van der Waals surface area (Å²) < 4.78 is 5.62. The second-order valence-electron chi connectivity index (χ2n) is 5.75. The predicted molar refractivity (Wildman–Crippen MR) is 90.1 cm³/mol. The van der Waals surface area contributed by atoms with Gasteiger partial charge in [0.05, 0.1) is 6.61 Å². The van der Waals surface area contributed by atoms with E-state index in [2.05, 4.69) is 16.0 Å². The first-order valence-corrected chi connectivity index (χ1v) is 7.92. The number of hydrogen-bond donors (Lipinski definition) is 3. The number of fused-ring (bicyclic) bond motifs is 1. The lowest BCUT2D eigenvalue weighted by Crippen LogP contribution is -2.59. The van der Waals surface area contributed by atoms with Crippen LogP contribution in [0, 0.1) is 0 Å². The van der Waals surface area contributed by atoms with Crippen molar-refractivity contribution in [1.82, 2.24) is 16.0 Å². The van der Waals surface area contributed by atoms with E-state index in [1.807, 2.05) is 67.6 Å². The fraction of sp³-hybridized carbons (Fsp3) is 0.222. The summed E-state index contributed by atoms with van der Waals surface area (Å²) in [6.45, 7) is 2.38. The van der Waals surface area contributed by atoms with E-state index in [0.29, 0.717) is 12.6 Å². The molecule has 2 heterocycles. The Hall–Kier alpha value is -3.02. The van der Waals surface area contributed by atoms with Gasteiger partial charge in [-0.2, -0.15) is 4.99 Å². The SMILES string of the molecule is CCOC1=N[C@]2(c3ccccc3)NC(=O)N[C@@]2(c2ccccc2)N1. The summed E-state index contributed by atoms with van der Waals surface area (Å²) >= 11 is 0. The van der Waals surface area contributed by atoms with Crippen molar-refractivity contribution < 1.29 is 9.53 Å². The fourth-order valence-corrected chi connectivity index (χ4v) is 3.40.